The molecule has 3 unspecified atom stereocenters. The number of carbonyl (C=O) groups excluding carboxylic acids is 2. The molecule has 2 saturated heterocycles. The number of thiazole rings is 1. The lowest BCUT2D eigenvalue weighted by Crippen LogP contribution is -2.53. The lowest BCUT2D eigenvalue weighted by Gasteiger charge is -2.43. The lowest BCUT2D eigenvalue weighted by molar-refractivity contribution is -0.145. The van der Waals surface area contributed by atoms with Crippen LogP contribution in [0.2, 0.25) is 0 Å². The van der Waals surface area contributed by atoms with Crippen LogP contribution in [0.5, 0.6) is 0 Å². The van der Waals surface area contributed by atoms with Gasteiger partial charge in [-0.1, -0.05) is 13.8 Å². The fourth-order valence-electron chi connectivity index (χ4n) is 4.41. The van der Waals surface area contributed by atoms with Gasteiger partial charge in [-0.2, -0.15) is 4.36 Å². The van der Waals surface area contributed by atoms with Gasteiger partial charge in [-0.05, 0) is 37.5 Å². The van der Waals surface area contributed by atoms with Crippen molar-refractivity contribution in [3.63, 3.8) is 0 Å². The molecule has 0 radical (unpaired) electrons. The average molecular weight is 442 g/mol. The number of nitrogens with zero attached hydrogens (tertiary/aromatic N) is 3. The summed E-state index contributed by atoms with van der Waals surface area (Å²) in [6.07, 6.45) is 1.31. The number of carbonyl (C=O) groups is 2. The smallest absolute Gasteiger partial charge is 0.259 e. The number of amides is 2. The largest absolute Gasteiger partial charge is 0.372 e. The molecule has 3 rings (SSSR count). The number of aromatic nitrogens is 1. The number of aryl methyl sites for hydroxylation is 1. The molecule has 2 aliphatic rings. The predicted octanol–water partition coefficient (Wildman–Crippen LogP) is 2.53. The van der Waals surface area contributed by atoms with Gasteiger partial charge in [-0.3, -0.25) is 9.59 Å². The summed E-state index contributed by atoms with van der Waals surface area (Å²) < 4.78 is 22.9. The molecular formula is C20H31N3O4S2. The molecule has 0 N–H and O–H groups in total. The van der Waals surface area contributed by atoms with Crippen molar-refractivity contribution in [1.29, 1.82) is 0 Å². The van der Waals surface area contributed by atoms with E-state index in [2.05, 4.69) is 23.2 Å². The molecule has 2 bridgehead atoms. The fraction of sp³-hybridized carbons (Fsp3) is 0.750. The van der Waals surface area contributed by atoms with E-state index < -0.39 is 15.8 Å². The van der Waals surface area contributed by atoms with Gasteiger partial charge in [-0.25, -0.2) is 9.19 Å². The number of methoxy groups -OCH3 is 1. The first-order valence-corrected chi connectivity index (χ1v) is 12.9. The van der Waals surface area contributed by atoms with Crippen molar-refractivity contribution in [1.82, 2.24) is 9.88 Å². The minimum atomic E-state index is -2.57. The maximum Gasteiger partial charge on any atom is 0.259 e. The lowest BCUT2D eigenvalue weighted by atomic mass is 9.90. The highest BCUT2D eigenvalue weighted by Gasteiger charge is 2.40. The number of rotatable bonds is 6. The van der Waals surface area contributed by atoms with Crippen LogP contribution in [-0.2, 0) is 30.5 Å². The molecule has 2 amide bonds. The zero-order chi connectivity index (χ0) is 21.2. The number of piperidine rings is 1. The van der Waals surface area contributed by atoms with Crippen molar-refractivity contribution in [2.45, 2.75) is 46.1 Å². The molecule has 9 heteroatoms. The van der Waals surface area contributed by atoms with Crippen LogP contribution >= 0.6 is 11.3 Å². The summed E-state index contributed by atoms with van der Waals surface area (Å²) in [6.45, 7) is 7.18. The van der Waals surface area contributed by atoms with Crippen molar-refractivity contribution in [2.24, 2.45) is 22.1 Å². The first-order valence-electron chi connectivity index (χ1n) is 10.2. The monoisotopic (exact) mass is 441 g/mol. The summed E-state index contributed by atoms with van der Waals surface area (Å²) in [7, 11) is -0.994. The van der Waals surface area contributed by atoms with Gasteiger partial charge in [0.2, 0.25) is 0 Å². The third-order valence-corrected chi connectivity index (χ3v) is 8.78. The van der Waals surface area contributed by atoms with Gasteiger partial charge in [-0.15, -0.1) is 11.3 Å². The summed E-state index contributed by atoms with van der Waals surface area (Å²) in [5.41, 5.74) is 0.688. The van der Waals surface area contributed by atoms with Gasteiger partial charge in [0.05, 0.1) is 26.9 Å². The van der Waals surface area contributed by atoms with Crippen LogP contribution in [0.3, 0.4) is 0 Å². The molecule has 1 aromatic heterocycles. The van der Waals surface area contributed by atoms with Crippen LogP contribution in [0.25, 0.3) is 0 Å². The van der Waals surface area contributed by atoms with Gasteiger partial charge in [0.1, 0.15) is 6.10 Å². The van der Waals surface area contributed by atoms with Crippen LogP contribution in [0.15, 0.2) is 9.74 Å². The molecule has 29 heavy (non-hydrogen) atoms. The van der Waals surface area contributed by atoms with E-state index in [1.54, 1.807) is 7.11 Å². The summed E-state index contributed by atoms with van der Waals surface area (Å²) in [5, 5.41) is 2.75. The highest BCUT2D eigenvalue weighted by molar-refractivity contribution is 7.93. The highest BCUT2D eigenvalue weighted by Crippen LogP contribution is 2.32. The topological polar surface area (TPSA) is 88.9 Å². The molecule has 1 aromatic rings. The Morgan fingerprint density at radius 1 is 1.34 bits per heavy atom. The predicted molar refractivity (Wildman–Crippen MR) is 114 cm³/mol. The standard InChI is InChI=1S/C20H31N3O4S2/c1-13(2)5-18(27-4)20(25)23-8-15-6-16(9-23)12-29(26,11-15)22-19(24)7-17-10-28-14(3)21-17/h10,13,15-16,18H,5-9,11-12H2,1-4H3. The summed E-state index contributed by atoms with van der Waals surface area (Å²) in [5.74, 6) is 1.05. The van der Waals surface area contributed by atoms with E-state index in [1.165, 1.54) is 11.3 Å². The quantitative estimate of drug-likeness (QED) is 0.677. The van der Waals surface area contributed by atoms with Crippen LogP contribution in [0.4, 0.5) is 0 Å². The Balaban J connectivity index is 1.65. The number of hydrogen-bond acceptors (Lipinski definition) is 6. The third kappa shape index (κ3) is 5.86. The van der Waals surface area contributed by atoms with E-state index in [0.717, 1.165) is 11.4 Å². The molecule has 0 saturated carbocycles. The second-order valence-corrected chi connectivity index (χ2v) is 12.1. The second kappa shape index (κ2) is 9.22. The molecule has 3 atom stereocenters. The SMILES string of the molecule is COC(CC(C)C)C(=O)N1CC2CC(C1)CS(=O)(=NC(=O)Cc1csc(C)n1)C2. The van der Waals surface area contributed by atoms with Crippen LogP contribution in [0, 0.1) is 24.7 Å². The summed E-state index contributed by atoms with van der Waals surface area (Å²) in [4.78, 5) is 31.4. The van der Waals surface area contributed by atoms with Gasteiger partial charge >= 0.3 is 0 Å². The van der Waals surface area contributed by atoms with E-state index in [1.807, 2.05) is 17.2 Å². The summed E-state index contributed by atoms with van der Waals surface area (Å²) >= 11 is 1.49. The minimum Gasteiger partial charge on any atom is -0.372 e. The van der Waals surface area contributed by atoms with Gasteiger partial charge < -0.3 is 9.64 Å². The van der Waals surface area contributed by atoms with Crippen LogP contribution in [-0.4, -0.2) is 63.7 Å². The van der Waals surface area contributed by atoms with Gasteiger partial charge in [0, 0.05) is 37.1 Å². The number of ether oxygens (including phenoxy) is 1. The minimum absolute atomic E-state index is 0.0243. The average Bonchev–Trinajstić information content (AvgIpc) is 3.01. The molecule has 2 aliphatic heterocycles. The first kappa shape index (κ1) is 22.4. The normalized spacial score (nSPS) is 27.7. The molecule has 2 fully saturated rings. The molecule has 0 spiro atoms. The maximum atomic E-state index is 13.3. The van der Waals surface area contributed by atoms with Crippen molar-refractivity contribution >= 4 is 32.9 Å². The number of hydrogen-bond donors (Lipinski definition) is 0. The Morgan fingerprint density at radius 2 is 2.00 bits per heavy atom. The highest BCUT2D eigenvalue weighted by atomic mass is 32.2. The van der Waals surface area contributed by atoms with Crippen LogP contribution < -0.4 is 0 Å². The Labute approximate surface area is 177 Å². The van der Waals surface area contributed by atoms with E-state index in [9.17, 15) is 13.8 Å². The third-order valence-electron chi connectivity index (χ3n) is 5.44. The van der Waals surface area contributed by atoms with Crippen molar-refractivity contribution in [2.75, 3.05) is 31.7 Å². The van der Waals surface area contributed by atoms with Crippen LogP contribution in [0.1, 0.15) is 37.4 Å². The van der Waals surface area contributed by atoms with Crippen molar-refractivity contribution in [3.05, 3.63) is 16.1 Å². The first-order chi connectivity index (χ1) is 13.7. The fourth-order valence-corrected chi connectivity index (χ4v) is 7.70. The zero-order valence-corrected chi connectivity index (χ0v) is 19.3. The Kier molecular flexibility index (Phi) is 7.11. The Hall–Kier alpha value is -1.32. The molecule has 3 heterocycles. The summed E-state index contributed by atoms with van der Waals surface area (Å²) in [6, 6.07) is 0. The number of likely N-dealkylation sites (tertiary alicyclic amines) is 1. The van der Waals surface area contributed by atoms with Crippen molar-refractivity contribution in [3.8, 4) is 0 Å². The van der Waals surface area contributed by atoms with Gasteiger partial charge in [0.15, 0.2) is 0 Å². The number of fused-ring (bicyclic) bond motifs is 2. The molecule has 0 aliphatic carbocycles. The van der Waals surface area contributed by atoms with E-state index in [-0.39, 0.29) is 30.1 Å². The second-order valence-electron chi connectivity index (χ2n) is 8.69. The van der Waals surface area contributed by atoms with E-state index >= 15 is 0 Å². The Morgan fingerprint density at radius 3 is 2.52 bits per heavy atom. The van der Waals surface area contributed by atoms with E-state index in [0.29, 0.717) is 42.6 Å². The molecule has 0 aromatic carbocycles. The molecule has 162 valence electrons. The molecular weight excluding hydrogens is 410 g/mol. The molecule has 7 nitrogen and oxygen atoms in total. The van der Waals surface area contributed by atoms with Gasteiger partial charge in [0.25, 0.3) is 11.8 Å². The zero-order valence-electron chi connectivity index (χ0n) is 17.6. The Bertz CT molecular complexity index is 853. The van der Waals surface area contributed by atoms with E-state index in [4.69, 9.17) is 4.74 Å². The maximum absolute atomic E-state index is 13.3. The van der Waals surface area contributed by atoms with Crippen molar-refractivity contribution < 1.29 is 18.5 Å².